The maximum Gasteiger partial charge on any atom is 0.271 e. The van der Waals surface area contributed by atoms with Gasteiger partial charge in [0.25, 0.3) is 5.91 Å². The van der Waals surface area contributed by atoms with Crippen LogP contribution in [0.1, 0.15) is 68.8 Å². The zero-order chi connectivity index (χ0) is 21.4. The quantitative estimate of drug-likeness (QED) is 0.760. The Morgan fingerprint density at radius 2 is 1.90 bits per heavy atom. The summed E-state index contributed by atoms with van der Waals surface area (Å²) >= 11 is 0. The first kappa shape index (κ1) is 20.6. The van der Waals surface area contributed by atoms with Crippen molar-refractivity contribution in [2.45, 2.75) is 82.5 Å². The van der Waals surface area contributed by atoms with Crippen LogP contribution in [0.4, 0.5) is 0 Å². The van der Waals surface area contributed by atoms with Gasteiger partial charge in [-0.1, -0.05) is 43.9 Å². The molecular weight excluding hydrogens is 390 g/mol. The summed E-state index contributed by atoms with van der Waals surface area (Å²) in [6.45, 7) is 3.60. The van der Waals surface area contributed by atoms with Gasteiger partial charge in [-0.25, -0.2) is 0 Å². The lowest BCUT2D eigenvalue weighted by atomic mass is 9.93. The van der Waals surface area contributed by atoms with Crippen molar-refractivity contribution in [3.05, 3.63) is 36.0 Å². The predicted molar refractivity (Wildman–Crippen MR) is 120 cm³/mol. The van der Waals surface area contributed by atoms with Crippen molar-refractivity contribution in [3.63, 3.8) is 0 Å². The molecule has 0 radical (unpaired) electrons. The molecule has 3 heterocycles. The number of carbonyl (C=O) groups excluding carboxylic acids is 2. The molecule has 6 nitrogen and oxygen atoms in total. The van der Waals surface area contributed by atoms with E-state index in [1.807, 2.05) is 41.8 Å². The van der Waals surface area contributed by atoms with E-state index in [1.165, 1.54) is 12.8 Å². The van der Waals surface area contributed by atoms with Crippen LogP contribution in [-0.2, 0) is 16.1 Å². The summed E-state index contributed by atoms with van der Waals surface area (Å²) in [5.74, 6) is -0.106. The van der Waals surface area contributed by atoms with Crippen molar-refractivity contribution in [2.24, 2.45) is 0 Å². The molecule has 1 N–H and O–H groups in total. The third-order valence-corrected chi connectivity index (χ3v) is 7.43. The van der Waals surface area contributed by atoms with Gasteiger partial charge in [-0.3, -0.25) is 9.59 Å². The molecule has 31 heavy (non-hydrogen) atoms. The highest BCUT2D eigenvalue weighted by atomic mass is 16.5. The molecule has 5 rings (SSSR count). The zero-order valence-electron chi connectivity index (χ0n) is 18.4. The number of benzene rings is 1. The molecule has 2 aliphatic heterocycles. The number of hydrogen-bond donors (Lipinski definition) is 1. The van der Waals surface area contributed by atoms with Crippen LogP contribution in [0.5, 0.6) is 0 Å². The molecule has 1 aromatic heterocycles. The van der Waals surface area contributed by atoms with Gasteiger partial charge in [0.1, 0.15) is 11.2 Å². The Hall–Kier alpha value is -2.34. The lowest BCUT2D eigenvalue weighted by Crippen LogP contribution is -2.66. The largest absolute Gasteiger partial charge is 0.376 e. The van der Waals surface area contributed by atoms with Crippen molar-refractivity contribution in [3.8, 4) is 0 Å². The van der Waals surface area contributed by atoms with Crippen LogP contribution in [0.2, 0.25) is 0 Å². The smallest absolute Gasteiger partial charge is 0.271 e. The minimum Gasteiger partial charge on any atom is -0.376 e. The maximum absolute atomic E-state index is 13.7. The molecule has 2 aromatic rings. The van der Waals surface area contributed by atoms with Crippen LogP contribution in [0.3, 0.4) is 0 Å². The Morgan fingerprint density at radius 3 is 2.65 bits per heavy atom. The molecule has 2 atom stereocenters. The van der Waals surface area contributed by atoms with Crippen LogP contribution >= 0.6 is 0 Å². The highest BCUT2D eigenvalue weighted by Gasteiger charge is 2.49. The number of ether oxygens (including phenoxy) is 1. The minimum absolute atomic E-state index is 0.00452. The first-order chi connectivity index (χ1) is 15.1. The van der Waals surface area contributed by atoms with Crippen molar-refractivity contribution < 1.29 is 14.3 Å². The summed E-state index contributed by atoms with van der Waals surface area (Å²) in [7, 11) is 0. The highest BCUT2D eigenvalue weighted by Crippen LogP contribution is 2.34. The Bertz CT molecular complexity index is 970. The number of amides is 2. The van der Waals surface area contributed by atoms with Gasteiger partial charge in [0.05, 0.1) is 12.6 Å². The van der Waals surface area contributed by atoms with Crippen LogP contribution < -0.4 is 5.32 Å². The molecule has 0 unspecified atom stereocenters. The summed E-state index contributed by atoms with van der Waals surface area (Å²) < 4.78 is 7.90. The second-order valence-electron chi connectivity index (χ2n) is 9.66. The molecule has 1 saturated heterocycles. The molecule has 2 amide bonds. The second kappa shape index (κ2) is 8.30. The third-order valence-electron chi connectivity index (χ3n) is 7.43. The first-order valence-corrected chi connectivity index (χ1v) is 11.9. The minimum atomic E-state index is -0.940. The average Bonchev–Trinajstić information content (AvgIpc) is 3.33. The number of nitrogens with one attached hydrogen (secondary N) is 1. The fourth-order valence-electron chi connectivity index (χ4n) is 5.55. The van der Waals surface area contributed by atoms with Gasteiger partial charge in [-0.15, -0.1) is 0 Å². The van der Waals surface area contributed by atoms with Gasteiger partial charge in [0, 0.05) is 30.1 Å². The second-order valence-corrected chi connectivity index (χ2v) is 9.66. The van der Waals surface area contributed by atoms with E-state index in [-0.39, 0.29) is 24.0 Å². The topological polar surface area (TPSA) is 63.6 Å². The number of para-hydroxylation sites is 1. The molecule has 0 spiro atoms. The summed E-state index contributed by atoms with van der Waals surface area (Å²) in [5, 5.41) is 4.37. The van der Waals surface area contributed by atoms with Crippen molar-refractivity contribution in [2.75, 3.05) is 13.2 Å². The number of nitrogens with zero attached hydrogens (tertiary/aromatic N) is 2. The van der Waals surface area contributed by atoms with Crippen molar-refractivity contribution in [1.82, 2.24) is 14.8 Å². The Morgan fingerprint density at radius 1 is 1.13 bits per heavy atom. The average molecular weight is 424 g/mol. The van der Waals surface area contributed by atoms with Gasteiger partial charge in [-0.2, -0.15) is 0 Å². The standard InChI is InChI=1S/C25H33N3O3/c1-25(24(30)26-19-10-4-2-3-5-11-19)17-27-21-13-7-6-9-18(21)15-22(27)23(29)28(25)16-20-12-8-14-31-20/h6-7,9,13,15,19-20H,2-5,8,10-12,14,16-17H2,1H3,(H,26,30)/t20-,25+/m0/s1. The molecular formula is C25H33N3O3. The van der Waals surface area contributed by atoms with Crippen LogP contribution in [0.15, 0.2) is 30.3 Å². The molecule has 1 aromatic carbocycles. The monoisotopic (exact) mass is 423 g/mol. The fourth-order valence-corrected chi connectivity index (χ4v) is 5.55. The van der Waals surface area contributed by atoms with E-state index in [0.717, 1.165) is 56.0 Å². The predicted octanol–water partition coefficient (Wildman–Crippen LogP) is 3.87. The number of fused-ring (bicyclic) bond motifs is 3. The Labute approximate surface area is 183 Å². The first-order valence-electron chi connectivity index (χ1n) is 11.9. The van der Waals surface area contributed by atoms with Gasteiger partial charge < -0.3 is 19.5 Å². The van der Waals surface area contributed by atoms with E-state index >= 15 is 0 Å². The van der Waals surface area contributed by atoms with Crippen LogP contribution in [0.25, 0.3) is 10.9 Å². The molecule has 166 valence electrons. The Balaban J connectivity index is 1.49. The van der Waals surface area contributed by atoms with E-state index in [2.05, 4.69) is 5.32 Å². The maximum atomic E-state index is 13.7. The van der Waals surface area contributed by atoms with E-state index in [9.17, 15) is 9.59 Å². The third kappa shape index (κ3) is 3.75. The molecule has 2 fully saturated rings. The lowest BCUT2D eigenvalue weighted by molar-refractivity contribution is -0.134. The number of rotatable bonds is 4. The van der Waals surface area contributed by atoms with E-state index in [4.69, 9.17) is 4.74 Å². The van der Waals surface area contributed by atoms with Gasteiger partial charge in [-0.05, 0) is 44.7 Å². The van der Waals surface area contributed by atoms with Crippen molar-refractivity contribution >= 4 is 22.7 Å². The number of carbonyl (C=O) groups is 2. The van der Waals surface area contributed by atoms with Gasteiger partial charge in [0.15, 0.2) is 0 Å². The highest BCUT2D eigenvalue weighted by molar-refractivity contribution is 6.03. The van der Waals surface area contributed by atoms with E-state index in [1.54, 1.807) is 4.90 Å². The molecule has 6 heteroatoms. The van der Waals surface area contributed by atoms with Gasteiger partial charge >= 0.3 is 0 Å². The SMILES string of the molecule is C[C@]1(C(=O)NC2CCCCCC2)Cn2c(cc3ccccc32)C(=O)N1C[C@@H]1CCCO1. The number of aromatic nitrogens is 1. The van der Waals surface area contributed by atoms with E-state index < -0.39 is 5.54 Å². The van der Waals surface area contributed by atoms with Crippen molar-refractivity contribution in [1.29, 1.82) is 0 Å². The summed E-state index contributed by atoms with van der Waals surface area (Å²) in [5.41, 5.74) is 0.736. The van der Waals surface area contributed by atoms with Crippen LogP contribution in [-0.4, -0.2) is 52.1 Å². The molecule has 1 aliphatic carbocycles. The molecule has 0 bridgehead atoms. The van der Waals surface area contributed by atoms with E-state index in [0.29, 0.717) is 18.8 Å². The molecule has 1 saturated carbocycles. The summed E-state index contributed by atoms with van der Waals surface area (Å²) in [6, 6.07) is 10.2. The lowest BCUT2D eigenvalue weighted by Gasteiger charge is -2.45. The normalized spacial score (nSPS) is 27.3. The number of hydrogen-bond acceptors (Lipinski definition) is 3. The summed E-state index contributed by atoms with van der Waals surface area (Å²) in [4.78, 5) is 29.2. The Kier molecular flexibility index (Phi) is 5.51. The molecule has 3 aliphatic rings. The van der Waals surface area contributed by atoms with Crippen LogP contribution in [0, 0.1) is 0 Å². The van der Waals surface area contributed by atoms with Gasteiger partial charge in [0.2, 0.25) is 5.91 Å². The fraction of sp³-hybridized carbons (Fsp3) is 0.600. The summed E-state index contributed by atoms with van der Waals surface area (Å²) in [6.07, 6.45) is 8.81. The zero-order valence-corrected chi connectivity index (χ0v) is 18.4.